The van der Waals surface area contributed by atoms with Gasteiger partial charge in [0.2, 0.25) is 24.3 Å². The van der Waals surface area contributed by atoms with Gasteiger partial charge in [-0.15, -0.1) is 0 Å². The lowest BCUT2D eigenvalue weighted by Crippen LogP contribution is -2.28. The average molecular weight is 963 g/mol. The second kappa shape index (κ2) is 18.5. The molecule has 0 radical (unpaired) electrons. The molecule has 0 unspecified atom stereocenters. The molecule has 4 fully saturated rings. The number of amides is 2. The lowest BCUT2D eigenvalue weighted by atomic mass is 9.97. The zero-order chi connectivity index (χ0) is 48.2. The summed E-state index contributed by atoms with van der Waals surface area (Å²) < 4.78 is 74.7. The number of rotatable bonds is 6. The van der Waals surface area contributed by atoms with Crippen molar-refractivity contribution in [3.8, 4) is 34.0 Å². The second-order valence-electron chi connectivity index (χ2n) is 17.8. The van der Waals surface area contributed by atoms with Crippen LogP contribution in [0.3, 0.4) is 0 Å². The molecule has 20 nitrogen and oxygen atoms in total. The molecule has 4 aromatic heterocycles. The molecule has 4 saturated heterocycles. The number of carbonyl (C=O) groups excluding carboxylic acids is 2. The summed E-state index contributed by atoms with van der Waals surface area (Å²) in [4.78, 5) is 42.0. The minimum atomic E-state index is -0.689. The highest BCUT2D eigenvalue weighted by molar-refractivity contribution is 6.01. The number of pyridine rings is 4. The first-order valence-corrected chi connectivity index (χ1v) is 22.8. The zero-order valence-electron chi connectivity index (χ0n) is 37.9. The van der Waals surface area contributed by atoms with Crippen molar-refractivity contribution in [2.75, 3.05) is 98.7 Å². The Hall–Kier alpha value is -7.40. The lowest BCUT2D eigenvalue weighted by molar-refractivity contribution is -0.0944. The van der Waals surface area contributed by atoms with Gasteiger partial charge in [-0.1, -0.05) is 0 Å². The standard InChI is InChI=1S/2C24H24FN5O5/c2*1-11-15(6-29-22-21(11)27-2-3-33-22)14-4-12-5-18(28-7-16(12)20(26)19(14)25)30-24(31)35-23-17-10-32-8-13(17)9-34-23/h2*4-7,13,17,23,27H,2-3,8-10,26H2,1H3,(H,28,30,31)/t2*13-,17-,23+/m10/s1. The summed E-state index contributed by atoms with van der Waals surface area (Å²) in [6.07, 6.45) is 3.30. The molecule has 2 amide bonds. The topological polar surface area (TPSA) is 260 Å². The largest absolute Gasteiger partial charge is 0.474 e. The van der Waals surface area contributed by atoms with Crippen molar-refractivity contribution in [3.63, 3.8) is 0 Å². The summed E-state index contributed by atoms with van der Waals surface area (Å²) in [6.45, 7) is 9.29. The summed E-state index contributed by atoms with van der Waals surface area (Å²) >= 11 is 0. The van der Waals surface area contributed by atoms with Gasteiger partial charge in [0.05, 0.1) is 62.9 Å². The molecule has 6 aliphatic rings. The number of hydrogen-bond donors (Lipinski definition) is 6. The third kappa shape index (κ3) is 8.35. The predicted molar refractivity (Wildman–Crippen MR) is 251 cm³/mol. The summed E-state index contributed by atoms with van der Waals surface area (Å²) in [5.41, 5.74) is 17.0. The van der Waals surface area contributed by atoms with Crippen LogP contribution in [0.5, 0.6) is 11.8 Å². The first kappa shape index (κ1) is 45.1. The van der Waals surface area contributed by atoms with Crippen molar-refractivity contribution < 1.29 is 56.3 Å². The zero-order valence-corrected chi connectivity index (χ0v) is 37.9. The molecule has 2 aromatic carbocycles. The number of benzene rings is 2. The number of halogens is 2. The molecule has 6 aliphatic heterocycles. The number of ether oxygens (including phenoxy) is 8. The molecule has 0 saturated carbocycles. The van der Waals surface area contributed by atoms with Crippen molar-refractivity contribution >= 4 is 68.1 Å². The van der Waals surface area contributed by atoms with Gasteiger partial charge in [-0.25, -0.2) is 38.3 Å². The maximum Gasteiger partial charge on any atom is 0.415 e. The normalized spacial score (nSPS) is 22.7. The van der Waals surface area contributed by atoms with Crippen molar-refractivity contribution in [3.05, 3.63) is 71.8 Å². The van der Waals surface area contributed by atoms with E-state index < -0.39 is 36.4 Å². The van der Waals surface area contributed by atoms with Gasteiger partial charge in [-0.05, 0) is 60.0 Å². The first-order valence-electron chi connectivity index (χ1n) is 22.8. The minimum Gasteiger partial charge on any atom is -0.474 e. The van der Waals surface area contributed by atoms with Crippen molar-refractivity contribution in [2.24, 2.45) is 23.7 Å². The fourth-order valence-electron chi connectivity index (χ4n) is 9.69. The highest BCUT2D eigenvalue weighted by Crippen LogP contribution is 2.42. The Bertz CT molecular complexity index is 2870. The molecule has 70 heavy (non-hydrogen) atoms. The number of nitrogen functional groups attached to an aromatic ring is 2. The number of hydrogen-bond acceptors (Lipinski definition) is 18. The second-order valence-corrected chi connectivity index (χ2v) is 17.8. The van der Waals surface area contributed by atoms with Crippen LogP contribution < -0.4 is 42.2 Å². The van der Waals surface area contributed by atoms with E-state index in [1.54, 1.807) is 36.7 Å². The fourth-order valence-corrected chi connectivity index (χ4v) is 9.69. The van der Waals surface area contributed by atoms with E-state index in [4.69, 9.17) is 49.4 Å². The van der Waals surface area contributed by atoms with E-state index in [-0.39, 0.29) is 46.7 Å². The van der Waals surface area contributed by atoms with Crippen LogP contribution in [0.4, 0.5) is 52.8 Å². The number of anilines is 6. The van der Waals surface area contributed by atoms with E-state index in [0.717, 1.165) is 22.5 Å². The monoisotopic (exact) mass is 962 g/mol. The minimum absolute atomic E-state index is 0.0315. The number of carbonyl (C=O) groups is 2. The molecule has 364 valence electrons. The van der Waals surface area contributed by atoms with Crippen molar-refractivity contribution in [2.45, 2.75) is 26.4 Å². The Morgan fingerprint density at radius 2 is 1.06 bits per heavy atom. The Labute approximate surface area is 398 Å². The van der Waals surface area contributed by atoms with Gasteiger partial charge in [-0.2, -0.15) is 0 Å². The van der Waals surface area contributed by atoms with Gasteiger partial charge in [0.1, 0.15) is 36.2 Å². The van der Waals surface area contributed by atoms with E-state index >= 15 is 8.78 Å². The Kier molecular flexibility index (Phi) is 11.9. The Balaban J connectivity index is 0.000000152. The van der Waals surface area contributed by atoms with E-state index in [1.165, 1.54) is 12.4 Å². The molecule has 6 atom stereocenters. The number of fused-ring (bicyclic) bond motifs is 6. The summed E-state index contributed by atoms with van der Waals surface area (Å²) in [5.74, 6) is 0.884. The van der Waals surface area contributed by atoms with Gasteiger partial charge in [0.15, 0.2) is 11.6 Å². The summed E-state index contributed by atoms with van der Waals surface area (Å²) in [5, 5.41) is 13.8. The van der Waals surface area contributed by atoms with Gasteiger partial charge < -0.3 is 60.0 Å². The molecule has 10 heterocycles. The van der Waals surface area contributed by atoms with Crippen LogP contribution in [-0.4, -0.2) is 111 Å². The van der Waals surface area contributed by atoms with E-state index in [2.05, 4.69) is 41.2 Å². The van der Waals surface area contributed by atoms with Gasteiger partial charge in [0.25, 0.3) is 0 Å². The van der Waals surface area contributed by atoms with Crippen molar-refractivity contribution in [1.82, 2.24) is 19.9 Å². The number of nitrogens with two attached hydrogens (primary N) is 2. The molecule has 0 aliphatic carbocycles. The predicted octanol–water partition coefficient (Wildman–Crippen LogP) is 6.60. The quantitative estimate of drug-likeness (QED) is 0.0961. The Morgan fingerprint density at radius 3 is 1.50 bits per heavy atom. The third-order valence-electron chi connectivity index (χ3n) is 13.5. The van der Waals surface area contributed by atoms with Crippen LogP contribution in [0.25, 0.3) is 43.8 Å². The molecule has 0 spiro atoms. The van der Waals surface area contributed by atoms with E-state index in [0.29, 0.717) is 122 Å². The molecule has 22 heteroatoms. The first-order chi connectivity index (χ1) is 34.0. The van der Waals surface area contributed by atoms with Crippen LogP contribution in [-0.2, 0) is 28.4 Å². The molecular weight excluding hydrogens is 915 g/mol. The number of aromatic nitrogens is 4. The van der Waals surface area contributed by atoms with Crippen LogP contribution in [0.15, 0.2) is 49.1 Å². The van der Waals surface area contributed by atoms with Crippen LogP contribution in [0.2, 0.25) is 0 Å². The maximum atomic E-state index is 15.3. The Morgan fingerprint density at radius 1 is 0.614 bits per heavy atom. The smallest absolute Gasteiger partial charge is 0.415 e. The molecule has 0 bridgehead atoms. The molecule has 8 N–H and O–H groups in total. The fraction of sp³-hybridized carbons (Fsp3) is 0.375. The van der Waals surface area contributed by atoms with Crippen LogP contribution in [0, 0.1) is 49.2 Å². The van der Waals surface area contributed by atoms with Crippen molar-refractivity contribution in [1.29, 1.82) is 0 Å². The maximum absolute atomic E-state index is 15.3. The number of nitrogens with one attached hydrogen (secondary N) is 4. The lowest BCUT2D eigenvalue weighted by Gasteiger charge is -2.22. The SMILES string of the molecule is Cc1c(-c2cc3cc(NC(=O)O[C@@H]4OC[C@H]5COC[C@H]54)ncc3c(N)c2F)cnc2c1NCCO2.Cc1c(-c2cc3cc(NC(=O)O[C@H]4OC[C@@H]5COC[C@@H]54)ncc3c(N)c2F)cnc2c1NCCO2. The highest BCUT2D eigenvalue weighted by Gasteiger charge is 2.45. The van der Waals surface area contributed by atoms with Gasteiger partial charge in [0, 0.05) is 82.7 Å². The van der Waals surface area contributed by atoms with E-state index in [9.17, 15) is 9.59 Å². The molecular formula is C48H48F2N10O10. The third-order valence-corrected chi connectivity index (χ3v) is 13.5. The van der Waals surface area contributed by atoms with Gasteiger partial charge in [-0.3, -0.25) is 10.6 Å². The molecule has 6 aromatic rings. The van der Waals surface area contributed by atoms with E-state index in [1.807, 2.05) is 13.8 Å². The summed E-state index contributed by atoms with van der Waals surface area (Å²) in [6, 6.07) is 6.57. The van der Waals surface area contributed by atoms with Crippen LogP contribution in [0.1, 0.15) is 11.1 Å². The average Bonchev–Trinajstić information content (AvgIpc) is 4.19. The highest BCUT2D eigenvalue weighted by atomic mass is 19.1. The number of nitrogens with zero attached hydrogens (tertiary/aromatic N) is 4. The van der Waals surface area contributed by atoms with Gasteiger partial charge >= 0.3 is 12.2 Å². The molecule has 12 rings (SSSR count). The van der Waals surface area contributed by atoms with Crippen LogP contribution >= 0.6 is 0 Å². The summed E-state index contributed by atoms with van der Waals surface area (Å²) in [7, 11) is 0.